The fourth-order valence-corrected chi connectivity index (χ4v) is 2.33. The number of hydrogen-bond acceptors (Lipinski definition) is 3. The Morgan fingerprint density at radius 3 is 2.17 bits per heavy atom. The van der Waals surface area contributed by atoms with E-state index in [2.05, 4.69) is 6.07 Å². The van der Waals surface area contributed by atoms with Gasteiger partial charge < -0.3 is 8.85 Å². The van der Waals surface area contributed by atoms with Crippen LogP contribution in [0.1, 0.15) is 20.8 Å². The zero-order valence-electron chi connectivity index (χ0n) is 7.96. The van der Waals surface area contributed by atoms with Gasteiger partial charge in [0.25, 0.3) is 0 Å². The summed E-state index contributed by atoms with van der Waals surface area (Å²) < 4.78 is 10.8. The topological polar surface area (TPSA) is 42.2 Å². The first-order chi connectivity index (χ1) is 5.74. The van der Waals surface area contributed by atoms with E-state index in [9.17, 15) is 0 Å². The van der Waals surface area contributed by atoms with E-state index in [-0.39, 0.29) is 5.92 Å². The summed E-state index contributed by atoms with van der Waals surface area (Å²) >= 11 is 0. The van der Waals surface area contributed by atoms with E-state index >= 15 is 0 Å². The van der Waals surface area contributed by atoms with Crippen LogP contribution in [0, 0.1) is 17.2 Å². The molecule has 0 rings (SSSR count). The molecule has 0 aromatic heterocycles. The fraction of sp³-hybridized carbons (Fsp3) is 0.875. The van der Waals surface area contributed by atoms with Crippen molar-refractivity contribution < 1.29 is 8.85 Å². The van der Waals surface area contributed by atoms with Crippen LogP contribution in [0.3, 0.4) is 0 Å². The van der Waals surface area contributed by atoms with Gasteiger partial charge in [-0.15, -0.1) is 0 Å². The molecule has 3 nitrogen and oxygen atoms in total. The van der Waals surface area contributed by atoms with Crippen molar-refractivity contribution in [1.29, 1.82) is 5.26 Å². The molecule has 0 N–H and O–H groups in total. The Hall–Kier alpha value is -0.373. The Kier molecular flexibility index (Phi) is 7.06. The van der Waals surface area contributed by atoms with E-state index in [4.69, 9.17) is 14.1 Å². The minimum atomic E-state index is -1.18. The van der Waals surface area contributed by atoms with Crippen LogP contribution < -0.4 is 0 Å². The summed E-state index contributed by atoms with van der Waals surface area (Å²) in [6.07, 6.45) is 0. The third-order valence-electron chi connectivity index (χ3n) is 1.30. The molecule has 0 aromatic carbocycles. The first kappa shape index (κ1) is 11.6. The van der Waals surface area contributed by atoms with Crippen LogP contribution in [-0.4, -0.2) is 22.5 Å². The van der Waals surface area contributed by atoms with Gasteiger partial charge in [-0.25, -0.2) is 0 Å². The van der Waals surface area contributed by atoms with Gasteiger partial charge in [-0.1, -0.05) is 0 Å². The van der Waals surface area contributed by atoms with Crippen LogP contribution in [0.5, 0.6) is 0 Å². The molecule has 4 heteroatoms. The highest BCUT2D eigenvalue weighted by molar-refractivity contribution is 6.44. The molecule has 0 saturated carbocycles. The molecule has 1 unspecified atom stereocenters. The van der Waals surface area contributed by atoms with Crippen molar-refractivity contribution in [3.05, 3.63) is 0 Å². The molecule has 0 aliphatic heterocycles. The van der Waals surface area contributed by atoms with E-state index in [1.54, 1.807) is 0 Å². The Bertz CT molecular complexity index is 140. The van der Waals surface area contributed by atoms with Gasteiger partial charge in [0.15, 0.2) is 0 Å². The van der Waals surface area contributed by atoms with E-state index in [0.29, 0.717) is 13.2 Å². The normalized spacial score (nSPS) is 12.9. The largest absolute Gasteiger partial charge is 0.394 e. The summed E-state index contributed by atoms with van der Waals surface area (Å²) in [5.41, 5.74) is 0. The molecule has 0 fully saturated rings. The molecule has 0 saturated heterocycles. The molecule has 1 radical (unpaired) electrons. The molecular weight excluding hydrogens is 170 g/mol. The average Bonchev–Trinajstić information content (AvgIpc) is 2.05. The smallest absolute Gasteiger partial charge is 0.385 e. The second kappa shape index (κ2) is 7.29. The highest BCUT2D eigenvalue weighted by Crippen LogP contribution is 2.07. The van der Waals surface area contributed by atoms with Crippen molar-refractivity contribution in [2.75, 3.05) is 13.2 Å². The summed E-state index contributed by atoms with van der Waals surface area (Å²) in [7, 11) is -1.18. The van der Waals surface area contributed by atoms with Gasteiger partial charge in [0.05, 0.1) is 6.07 Å². The maximum atomic E-state index is 8.58. The lowest BCUT2D eigenvalue weighted by Crippen LogP contribution is -2.24. The van der Waals surface area contributed by atoms with Crippen molar-refractivity contribution in [3.63, 3.8) is 0 Å². The molecule has 0 amide bonds. The van der Waals surface area contributed by atoms with E-state index < -0.39 is 9.28 Å². The molecule has 0 aromatic rings. The monoisotopic (exact) mass is 186 g/mol. The second-order valence-electron chi connectivity index (χ2n) is 2.47. The minimum Gasteiger partial charge on any atom is -0.394 e. The first-order valence-corrected chi connectivity index (χ1v) is 5.77. The van der Waals surface area contributed by atoms with Gasteiger partial charge in [-0.3, -0.25) is 0 Å². The van der Waals surface area contributed by atoms with Gasteiger partial charge in [0.1, 0.15) is 0 Å². The van der Waals surface area contributed by atoms with Gasteiger partial charge >= 0.3 is 9.28 Å². The Morgan fingerprint density at radius 2 is 1.83 bits per heavy atom. The minimum absolute atomic E-state index is 0.0389. The lowest BCUT2D eigenvalue weighted by Gasteiger charge is -2.13. The predicted octanol–water partition coefficient (Wildman–Crippen LogP) is 1.71. The number of nitriles is 1. The molecule has 0 spiro atoms. The predicted molar refractivity (Wildman–Crippen MR) is 48.6 cm³/mol. The van der Waals surface area contributed by atoms with Crippen molar-refractivity contribution >= 4 is 9.28 Å². The molecule has 0 aliphatic carbocycles. The lowest BCUT2D eigenvalue weighted by atomic mass is 10.3. The fourth-order valence-electron chi connectivity index (χ4n) is 0.777. The molecule has 1 atom stereocenters. The van der Waals surface area contributed by atoms with Gasteiger partial charge in [-0.2, -0.15) is 5.26 Å². The van der Waals surface area contributed by atoms with Crippen LogP contribution >= 0.6 is 0 Å². The summed E-state index contributed by atoms with van der Waals surface area (Å²) in [6, 6.07) is 2.93. The lowest BCUT2D eigenvalue weighted by molar-refractivity contribution is 0.211. The molecule has 12 heavy (non-hydrogen) atoms. The van der Waals surface area contributed by atoms with Crippen molar-refractivity contribution in [3.8, 4) is 6.07 Å². The van der Waals surface area contributed by atoms with E-state index in [1.807, 2.05) is 20.8 Å². The Balaban J connectivity index is 3.70. The Labute approximate surface area is 76.1 Å². The SMILES string of the molecule is CCO[Si](CC(C)C#N)OCC. The van der Waals surface area contributed by atoms with Crippen molar-refractivity contribution in [2.45, 2.75) is 26.8 Å². The third kappa shape index (κ3) is 5.30. The summed E-state index contributed by atoms with van der Waals surface area (Å²) in [4.78, 5) is 0. The zero-order chi connectivity index (χ0) is 9.40. The number of nitrogens with zero attached hydrogens (tertiary/aromatic N) is 1. The standard InChI is InChI=1S/C8H16NO2Si/c1-4-10-12(11-5-2)7-8(3)6-9/h8H,4-5,7H2,1-3H3. The molecule has 0 aliphatic rings. The average molecular weight is 186 g/mol. The summed E-state index contributed by atoms with van der Waals surface area (Å²) in [6.45, 7) is 7.13. The molecule has 0 heterocycles. The number of hydrogen-bond donors (Lipinski definition) is 0. The summed E-state index contributed by atoms with van der Waals surface area (Å²) in [5, 5.41) is 8.58. The molecule has 0 bridgehead atoms. The highest BCUT2D eigenvalue weighted by atomic mass is 28.3. The van der Waals surface area contributed by atoms with Gasteiger partial charge in [-0.05, 0) is 20.8 Å². The third-order valence-corrected chi connectivity index (χ3v) is 3.47. The van der Waals surface area contributed by atoms with Crippen LogP contribution in [0.15, 0.2) is 0 Å². The van der Waals surface area contributed by atoms with Crippen LogP contribution in [0.25, 0.3) is 0 Å². The number of rotatable bonds is 6. The zero-order valence-corrected chi connectivity index (χ0v) is 8.96. The quantitative estimate of drug-likeness (QED) is 0.593. The molecular formula is C8H16NO2Si. The van der Waals surface area contributed by atoms with E-state index in [1.165, 1.54) is 0 Å². The van der Waals surface area contributed by atoms with Crippen LogP contribution in [-0.2, 0) is 8.85 Å². The van der Waals surface area contributed by atoms with Crippen LogP contribution in [0.2, 0.25) is 6.04 Å². The highest BCUT2D eigenvalue weighted by Gasteiger charge is 2.17. The van der Waals surface area contributed by atoms with Gasteiger partial charge in [0.2, 0.25) is 0 Å². The second-order valence-corrected chi connectivity index (χ2v) is 4.20. The van der Waals surface area contributed by atoms with Crippen molar-refractivity contribution in [1.82, 2.24) is 0 Å². The maximum Gasteiger partial charge on any atom is 0.385 e. The van der Waals surface area contributed by atoms with Crippen molar-refractivity contribution in [2.24, 2.45) is 5.92 Å². The maximum absolute atomic E-state index is 8.58. The van der Waals surface area contributed by atoms with Crippen LogP contribution in [0.4, 0.5) is 0 Å². The Morgan fingerprint density at radius 1 is 1.33 bits per heavy atom. The van der Waals surface area contributed by atoms with E-state index in [0.717, 1.165) is 6.04 Å². The first-order valence-electron chi connectivity index (χ1n) is 4.25. The molecule has 69 valence electrons. The summed E-state index contributed by atoms with van der Waals surface area (Å²) in [5.74, 6) is 0.0389. The van der Waals surface area contributed by atoms with Gasteiger partial charge in [0, 0.05) is 25.2 Å².